The maximum Gasteiger partial charge on any atom is 0.317 e. The van der Waals surface area contributed by atoms with Crippen LogP contribution >= 0.6 is 11.6 Å². The molecular weight excluding hydrogens is 362 g/mol. The Morgan fingerprint density at radius 3 is 2.63 bits per heavy atom. The molecule has 0 aromatic heterocycles. The van der Waals surface area contributed by atoms with Gasteiger partial charge in [-0.1, -0.05) is 35.9 Å². The quantitative estimate of drug-likeness (QED) is 0.850. The van der Waals surface area contributed by atoms with Crippen molar-refractivity contribution in [3.8, 4) is 5.75 Å². The molecule has 1 aliphatic heterocycles. The Kier molecular flexibility index (Phi) is 6.45. The van der Waals surface area contributed by atoms with Crippen molar-refractivity contribution in [2.24, 2.45) is 0 Å². The first-order valence-electron chi connectivity index (χ1n) is 9.24. The van der Waals surface area contributed by atoms with Crippen molar-refractivity contribution in [2.75, 3.05) is 44.7 Å². The summed E-state index contributed by atoms with van der Waals surface area (Å²) in [5.74, 6) is 0.859. The Balaban J connectivity index is 1.48. The number of halogens is 1. The van der Waals surface area contributed by atoms with Crippen LogP contribution in [0.2, 0.25) is 5.02 Å². The van der Waals surface area contributed by atoms with Gasteiger partial charge >= 0.3 is 6.03 Å². The van der Waals surface area contributed by atoms with E-state index in [1.807, 2.05) is 47.4 Å². The molecule has 0 atom stereocenters. The molecule has 1 aliphatic rings. The van der Waals surface area contributed by atoms with Gasteiger partial charge in [-0.3, -0.25) is 0 Å². The molecule has 27 heavy (non-hydrogen) atoms. The van der Waals surface area contributed by atoms with Crippen molar-refractivity contribution in [3.63, 3.8) is 0 Å². The third kappa shape index (κ3) is 4.86. The summed E-state index contributed by atoms with van der Waals surface area (Å²) in [5, 5.41) is 3.76. The number of para-hydroxylation sites is 1. The van der Waals surface area contributed by atoms with Gasteiger partial charge in [0.15, 0.2) is 0 Å². The average molecular weight is 388 g/mol. The number of nitrogens with one attached hydrogen (secondary N) is 1. The Morgan fingerprint density at radius 1 is 1.15 bits per heavy atom. The molecule has 1 heterocycles. The second-order valence-electron chi connectivity index (χ2n) is 6.70. The predicted octanol–water partition coefficient (Wildman–Crippen LogP) is 3.73. The fourth-order valence-corrected chi connectivity index (χ4v) is 3.57. The number of rotatable bonds is 5. The van der Waals surface area contributed by atoms with E-state index in [-0.39, 0.29) is 6.03 Å². The molecule has 0 bridgehead atoms. The normalized spacial score (nSPS) is 14.2. The Labute approximate surface area is 165 Å². The number of piperazine rings is 1. The maximum atomic E-state index is 12.5. The minimum Gasteiger partial charge on any atom is -0.496 e. The van der Waals surface area contributed by atoms with E-state index < -0.39 is 0 Å². The van der Waals surface area contributed by atoms with Crippen molar-refractivity contribution >= 4 is 23.3 Å². The molecule has 0 aliphatic carbocycles. The zero-order valence-corrected chi connectivity index (χ0v) is 16.6. The van der Waals surface area contributed by atoms with Crippen LogP contribution in [0.3, 0.4) is 0 Å². The number of carbonyl (C=O) groups excluding carboxylic acids is 1. The van der Waals surface area contributed by atoms with Crippen molar-refractivity contribution in [1.29, 1.82) is 0 Å². The van der Waals surface area contributed by atoms with E-state index in [1.165, 1.54) is 5.56 Å². The summed E-state index contributed by atoms with van der Waals surface area (Å²) in [5.41, 5.74) is 3.45. The summed E-state index contributed by atoms with van der Waals surface area (Å²) in [6.45, 7) is 5.69. The van der Waals surface area contributed by atoms with Crippen molar-refractivity contribution in [2.45, 2.75) is 13.3 Å². The fourth-order valence-electron chi connectivity index (χ4n) is 3.40. The van der Waals surface area contributed by atoms with Gasteiger partial charge in [-0.25, -0.2) is 4.79 Å². The lowest BCUT2D eigenvalue weighted by atomic mass is 10.1. The molecule has 144 valence electrons. The molecule has 6 heteroatoms. The van der Waals surface area contributed by atoms with E-state index in [9.17, 15) is 4.79 Å². The molecule has 1 saturated heterocycles. The second kappa shape index (κ2) is 9.00. The van der Waals surface area contributed by atoms with Crippen LogP contribution < -0.4 is 15.0 Å². The van der Waals surface area contributed by atoms with Crippen LogP contribution in [0.25, 0.3) is 0 Å². The van der Waals surface area contributed by atoms with Crippen LogP contribution in [0, 0.1) is 6.92 Å². The SMILES string of the molecule is COc1ccccc1CCNC(=O)N1CCN(c2cc(Cl)ccc2C)CC1. The van der Waals surface area contributed by atoms with Gasteiger partial charge in [0.25, 0.3) is 0 Å². The standard InChI is InChI=1S/C21H26ClN3O2/c1-16-7-8-18(22)15-19(16)24-11-13-25(14-12-24)21(26)23-10-9-17-5-3-4-6-20(17)27-2/h3-8,15H,9-14H2,1-2H3,(H,23,26). The zero-order valence-electron chi connectivity index (χ0n) is 15.9. The third-order valence-corrected chi connectivity index (χ3v) is 5.18. The highest BCUT2D eigenvalue weighted by molar-refractivity contribution is 6.30. The lowest BCUT2D eigenvalue weighted by Gasteiger charge is -2.36. The van der Waals surface area contributed by atoms with Crippen LogP contribution in [-0.4, -0.2) is 50.8 Å². The van der Waals surface area contributed by atoms with Crippen molar-refractivity contribution in [1.82, 2.24) is 10.2 Å². The van der Waals surface area contributed by atoms with Gasteiger partial charge in [0.05, 0.1) is 7.11 Å². The highest BCUT2D eigenvalue weighted by Crippen LogP contribution is 2.25. The van der Waals surface area contributed by atoms with Gasteiger partial charge in [-0.15, -0.1) is 0 Å². The molecule has 0 unspecified atom stereocenters. The van der Waals surface area contributed by atoms with Crippen LogP contribution in [0.15, 0.2) is 42.5 Å². The van der Waals surface area contributed by atoms with Gasteiger partial charge in [-0.05, 0) is 42.7 Å². The molecule has 2 aromatic carbocycles. The van der Waals surface area contributed by atoms with Gasteiger partial charge in [0.2, 0.25) is 0 Å². The summed E-state index contributed by atoms with van der Waals surface area (Å²) >= 11 is 6.13. The molecule has 1 fully saturated rings. The summed E-state index contributed by atoms with van der Waals surface area (Å²) in [4.78, 5) is 16.6. The van der Waals surface area contributed by atoms with Crippen LogP contribution in [0.1, 0.15) is 11.1 Å². The maximum absolute atomic E-state index is 12.5. The molecule has 2 amide bonds. The lowest BCUT2D eigenvalue weighted by molar-refractivity contribution is 0.194. The number of ether oxygens (including phenoxy) is 1. The van der Waals surface area contributed by atoms with Crippen LogP contribution in [-0.2, 0) is 6.42 Å². The molecule has 1 N–H and O–H groups in total. The predicted molar refractivity (Wildman–Crippen MR) is 110 cm³/mol. The average Bonchev–Trinajstić information content (AvgIpc) is 2.70. The summed E-state index contributed by atoms with van der Waals surface area (Å²) in [7, 11) is 1.67. The smallest absolute Gasteiger partial charge is 0.317 e. The van der Waals surface area contributed by atoms with Crippen LogP contribution in [0.4, 0.5) is 10.5 Å². The van der Waals surface area contributed by atoms with Gasteiger partial charge in [0, 0.05) is 43.4 Å². The highest BCUT2D eigenvalue weighted by atomic mass is 35.5. The molecule has 2 aromatic rings. The van der Waals surface area contributed by atoms with E-state index in [2.05, 4.69) is 17.1 Å². The number of hydrogen-bond acceptors (Lipinski definition) is 3. The zero-order chi connectivity index (χ0) is 19.2. The first-order valence-corrected chi connectivity index (χ1v) is 9.62. The first kappa shape index (κ1) is 19.4. The number of benzene rings is 2. The topological polar surface area (TPSA) is 44.8 Å². The number of amides is 2. The number of anilines is 1. The lowest BCUT2D eigenvalue weighted by Crippen LogP contribution is -2.52. The van der Waals surface area contributed by atoms with E-state index in [1.54, 1.807) is 7.11 Å². The van der Waals surface area contributed by atoms with E-state index in [0.717, 1.165) is 41.5 Å². The summed E-state index contributed by atoms with van der Waals surface area (Å²) in [6, 6.07) is 13.8. The van der Waals surface area contributed by atoms with E-state index in [4.69, 9.17) is 16.3 Å². The molecule has 0 radical (unpaired) electrons. The van der Waals surface area contributed by atoms with Crippen molar-refractivity contribution in [3.05, 3.63) is 58.6 Å². The number of hydrogen-bond donors (Lipinski definition) is 1. The summed E-state index contributed by atoms with van der Waals surface area (Å²) < 4.78 is 5.35. The molecule has 0 saturated carbocycles. The Morgan fingerprint density at radius 2 is 1.89 bits per heavy atom. The molecule has 3 rings (SSSR count). The Hall–Kier alpha value is -2.40. The van der Waals surface area contributed by atoms with Crippen LogP contribution in [0.5, 0.6) is 5.75 Å². The number of urea groups is 1. The number of nitrogens with zero attached hydrogens (tertiary/aromatic N) is 2. The monoisotopic (exact) mass is 387 g/mol. The largest absolute Gasteiger partial charge is 0.496 e. The molecule has 5 nitrogen and oxygen atoms in total. The highest BCUT2D eigenvalue weighted by Gasteiger charge is 2.22. The van der Waals surface area contributed by atoms with Gasteiger partial charge in [0.1, 0.15) is 5.75 Å². The first-order chi connectivity index (χ1) is 13.1. The minimum absolute atomic E-state index is 0.00707. The van der Waals surface area contributed by atoms with E-state index in [0.29, 0.717) is 19.6 Å². The number of methoxy groups -OCH3 is 1. The number of carbonyl (C=O) groups is 1. The second-order valence-corrected chi connectivity index (χ2v) is 7.14. The van der Waals surface area contributed by atoms with E-state index >= 15 is 0 Å². The third-order valence-electron chi connectivity index (χ3n) is 4.94. The van der Waals surface area contributed by atoms with Crippen molar-refractivity contribution < 1.29 is 9.53 Å². The number of aryl methyl sites for hydroxylation is 1. The molecular formula is C21H26ClN3O2. The summed E-state index contributed by atoms with van der Waals surface area (Å²) in [6.07, 6.45) is 0.747. The van der Waals surface area contributed by atoms with Gasteiger partial charge < -0.3 is 19.9 Å². The fraction of sp³-hybridized carbons (Fsp3) is 0.381. The minimum atomic E-state index is -0.00707. The van der Waals surface area contributed by atoms with Gasteiger partial charge in [-0.2, -0.15) is 0 Å². The molecule has 0 spiro atoms. The Bertz CT molecular complexity index is 789.